The molecule has 0 spiro atoms. The number of carboxylic acids is 1. The lowest BCUT2D eigenvalue weighted by atomic mass is 9.68. The Kier molecular flexibility index (Phi) is 10.5. The minimum absolute atomic E-state index is 0.299. The molecule has 4 nitrogen and oxygen atoms in total. The van der Waals surface area contributed by atoms with Gasteiger partial charge in [-0.1, -0.05) is 89.5 Å². The predicted molar refractivity (Wildman–Crippen MR) is 167 cm³/mol. The van der Waals surface area contributed by atoms with Gasteiger partial charge in [0.25, 0.3) is 0 Å². The Labute approximate surface area is 241 Å². The number of fused-ring (bicyclic) bond motifs is 1. The molecule has 0 aliphatic heterocycles. The Hall–Kier alpha value is -3.03. The largest absolute Gasteiger partial charge is 0.478 e. The van der Waals surface area contributed by atoms with Gasteiger partial charge in [-0.15, -0.1) is 0 Å². The molecule has 0 bridgehead atoms. The zero-order chi connectivity index (χ0) is 28.6. The quantitative estimate of drug-likeness (QED) is 0.248. The number of hydrogen-bond acceptors (Lipinski definition) is 2. The van der Waals surface area contributed by atoms with Crippen molar-refractivity contribution in [3.8, 4) is 11.8 Å². The summed E-state index contributed by atoms with van der Waals surface area (Å²) in [6, 6.07) is 12.6. The van der Waals surface area contributed by atoms with Crippen LogP contribution in [0, 0.1) is 24.7 Å². The number of nitrogens with zero attached hydrogens (tertiary/aromatic N) is 2. The maximum atomic E-state index is 11.7. The lowest BCUT2D eigenvalue weighted by molar-refractivity contribution is 0.0696. The van der Waals surface area contributed by atoms with Crippen LogP contribution in [-0.4, -0.2) is 40.2 Å². The monoisotopic (exact) mass is 540 g/mol. The third kappa shape index (κ3) is 6.64. The van der Waals surface area contributed by atoms with Gasteiger partial charge < -0.3 is 9.67 Å². The number of aryl methyl sites for hydroxylation is 2. The van der Waals surface area contributed by atoms with Gasteiger partial charge in [-0.3, -0.25) is 4.90 Å². The number of carboxylic acid groups (broad SMARTS) is 1. The summed E-state index contributed by atoms with van der Waals surface area (Å²) in [5.41, 5.74) is 6.63. The second-order valence-corrected chi connectivity index (χ2v) is 11.7. The molecule has 1 N–H and O–H groups in total. The summed E-state index contributed by atoms with van der Waals surface area (Å²) in [5.74, 6) is 7.37. The number of unbranched alkanes of at least 4 members (excludes halogenated alkanes) is 1. The van der Waals surface area contributed by atoms with Crippen molar-refractivity contribution in [1.82, 2.24) is 9.47 Å². The van der Waals surface area contributed by atoms with Crippen molar-refractivity contribution in [2.24, 2.45) is 5.92 Å². The fourth-order valence-electron chi connectivity index (χ4n) is 6.86. The maximum absolute atomic E-state index is 11.7. The van der Waals surface area contributed by atoms with Crippen LogP contribution in [0.3, 0.4) is 0 Å². The van der Waals surface area contributed by atoms with E-state index in [1.807, 2.05) is 6.07 Å². The molecule has 4 heteroatoms. The predicted octanol–water partition coefficient (Wildman–Crippen LogP) is 8.61. The van der Waals surface area contributed by atoms with Crippen LogP contribution in [0.15, 0.2) is 42.6 Å². The number of carbonyl (C=O) groups is 1. The molecule has 3 aromatic rings. The molecule has 0 amide bonds. The van der Waals surface area contributed by atoms with Gasteiger partial charge in [-0.05, 0) is 85.9 Å². The highest BCUT2D eigenvalue weighted by Gasteiger charge is 2.33. The number of hydrogen-bond donors (Lipinski definition) is 1. The molecule has 1 aromatic heterocycles. The number of aromatic nitrogens is 1. The number of para-hydroxylation sites is 1. The zero-order valence-corrected chi connectivity index (χ0v) is 25.3. The fourth-order valence-corrected chi connectivity index (χ4v) is 6.86. The van der Waals surface area contributed by atoms with Crippen LogP contribution < -0.4 is 0 Å². The molecule has 2 unspecified atom stereocenters. The standard InChI is InChI=1S/C36H48N2O2/c1-6-9-23-38-25-30(17-14-22-37(7-2)8-3)33-19-13-18-32(35(33)38)27(5)34(28-15-11-10-12-16-28)31-21-20-29(36(39)40)24-26(31)4/h13,18-21,24-25,27-28,34H,6-12,15-16,22-23H2,1-5H3,(H,39,40). The molecule has 40 heavy (non-hydrogen) atoms. The van der Waals surface area contributed by atoms with E-state index in [-0.39, 0.29) is 0 Å². The third-order valence-electron chi connectivity index (χ3n) is 9.17. The van der Waals surface area contributed by atoms with Crippen molar-refractivity contribution in [3.05, 3.63) is 70.4 Å². The first-order chi connectivity index (χ1) is 19.4. The number of aromatic carboxylic acids is 1. The molecule has 214 valence electrons. The Morgan fingerprint density at radius 3 is 2.48 bits per heavy atom. The van der Waals surface area contributed by atoms with Crippen molar-refractivity contribution in [2.75, 3.05) is 19.6 Å². The Morgan fingerprint density at radius 2 is 1.82 bits per heavy atom. The molecule has 1 heterocycles. The Balaban J connectivity index is 1.82. The van der Waals surface area contributed by atoms with Gasteiger partial charge in [0.1, 0.15) is 0 Å². The Bertz CT molecular complexity index is 1350. The minimum atomic E-state index is -0.856. The van der Waals surface area contributed by atoms with E-state index < -0.39 is 5.97 Å². The third-order valence-corrected chi connectivity index (χ3v) is 9.17. The van der Waals surface area contributed by atoms with Crippen LogP contribution in [0.1, 0.15) is 117 Å². The zero-order valence-electron chi connectivity index (χ0n) is 25.3. The molecule has 2 aromatic carbocycles. The van der Waals surface area contributed by atoms with Crippen LogP contribution in [0.4, 0.5) is 0 Å². The lowest BCUT2D eigenvalue weighted by Gasteiger charge is -2.36. The van der Waals surface area contributed by atoms with E-state index in [9.17, 15) is 9.90 Å². The van der Waals surface area contributed by atoms with E-state index in [1.165, 1.54) is 54.1 Å². The normalized spacial score (nSPS) is 15.7. The van der Waals surface area contributed by atoms with Crippen LogP contribution in [0.2, 0.25) is 0 Å². The van der Waals surface area contributed by atoms with E-state index in [4.69, 9.17) is 0 Å². The summed E-state index contributed by atoms with van der Waals surface area (Å²) in [5, 5.41) is 10.9. The van der Waals surface area contributed by atoms with Gasteiger partial charge in [0, 0.05) is 18.1 Å². The first-order valence-electron chi connectivity index (χ1n) is 15.6. The van der Waals surface area contributed by atoms with Gasteiger partial charge in [0.15, 0.2) is 0 Å². The summed E-state index contributed by atoms with van der Waals surface area (Å²) in [6.45, 7) is 14.9. The summed E-state index contributed by atoms with van der Waals surface area (Å²) >= 11 is 0. The van der Waals surface area contributed by atoms with Crippen LogP contribution in [-0.2, 0) is 6.54 Å². The van der Waals surface area contributed by atoms with Gasteiger partial charge in [0.2, 0.25) is 0 Å². The highest BCUT2D eigenvalue weighted by Crippen LogP contribution is 2.47. The van der Waals surface area contributed by atoms with E-state index in [1.54, 1.807) is 6.07 Å². The molecule has 4 rings (SSSR count). The highest BCUT2D eigenvalue weighted by molar-refractivity contribution is 5.90. The van der Waals surface area contributed by atoms with Gasteiger partial charge in [-0.2, -0.15) is 0 Å². The number of rotatable bonds is 11. The molecule has 0 radical (unpaired) electrons. The molecule has 2 atom stereocenters. The van der Waals surface area contributed by atoms with Crippen molar-refractivity contribution in [2.45, 2.75) is 97.9 Å². The SMILES string of the molecule is CCCCn1cc(C#CCN(CC)CC)c2cccc(C(C)C(c3ccc(C(=O)O)cc3C)C3CCCCC3)c21. The van der Waals surface area contributed by atoms with Crippen LogP contribution in [0.5, 0.6) is 0 Å². The topological polar surface area (TPSA) is 45.5 Å². The molecular formula is C36H48N2O2. The summed E-state index contributed by atoms with van der Waals surface area (Å²) in [7, 11) is 0. The number of benzene rings is 2. The van der Waals surface area contributed by atoms with Crippen LogP contribution in [0.25, 0.3) is 10.9 Å². The van der Waals surface area contributed by atoms with Crippen molar-refractivity contribution in [1.29, 1.82) is 0 Å². The van der Waals surface area contributed by atoms with E-state index >= 15 is 0 Å². The molecule has 1 saturated carbocycles. The fraction of sp³-hybridized carbons (Fsp3) is 0.528. The molecule has 1 aliphatic carbocycles. The van der Waals surface area contributed by atoms with Gasteiger partial charge >= 0.3 is 5.97 Å². The first-order valence-corrected chi connectivity index (χ1v) is 15.6. The average molecular weight is 541 g/mol. The molecule has 1 aliphatic rings. The van der Waals surface area contributed by atoms with Crippen LogP contribution >= 0.6 is 0 Å². The molecule has 1 fully saturated rings. The summed E-state index contributed by atoms with van der Waals surface area (Å²) < 4.78 is 2.46. The smallest absolute Gasteiger partial charge is 0.335 e. The molecular weight excluding hydrogens is 492 g/mol. The lowest BCUT2D eigenvalue weighted by Crippen LogP contribution is -2.23. The first kappa shape index (κ1) is 29.9. The minimum Gasteiger partial charge on any atom is -0.478 e. The Morgan fingerprint density at radius 1 is 1.07 bits per heavy atom. The summed E-state index contributed by atoms with van der Waals surface area (Å²) in [6.07, 6.45) is 10.9. The second kappa shape index (κ2) is 14.0. The molecule has 0 saturated heterocycles. The van der Waals surface area contributed by atoms with Crippen molar-refractivity contribution < 1.29 is 9.90 Å². The second-order valence-electron chi connectivity index (χ2n) is 11.7. The van der Waals surface area contributed by atoms with E-state index in [0.717, 1.165) is 50.1 Å². The summed E-state index contributed by atoms with van der Waals surface area (Å²) in [4.78, 5) is 14.0. The van der Waals surface area contributed by atoms with E-state index in [2.05, 4.69) is 86.4 Å². The van der Waals surface area contributed by atoms with Crippen molar-refractivity contribution >= 4 is 16.9 Å². The van der Waals surface area contributed by atoms with Crippen molar-refractivity contribution in [3.63, 3.8) is 0 Å². The van der Waals surface area contributed by atoms with Gasteiger partial charge in [0.05, 0.1) is 23.2 Å². The van der Waals surface area contributed by atoms with E-state index in [0.29, 0.717) is 23.3 Å². The highest BCUT2D eigenvalue weighted by atomic mass is 16.4. The maximum Gasteiger partial charge on any atom is 0.335 e. The average Bonchev–Trinajstić information content (AvgIpc) is 3.33. The van der Waals surface area contributed by atoms with Gasteiger partial charge in [-0.25, -0.2) is 4.79 Å².